The molecule has 0 unspecified atom stereocenters. The number of anilines is 1. The van der Waals surface area contributed by atoms with Crippen molar-refractivity contribution in [3.05, 3.63) is 41.9 Å². The molecule has 190 valence electrons. The smallest absolute Gasteiger partial charge is 0.414 e. The molecular weight excluding hydrogens is 589 g/mol. The summed E-state index contributed by atoms with van der Waals surface area (Å²) in [5, 5.41) is 6.44. The number of aromatic amines is 1. The predicted octanol–water partition coefficient (Wildman–Crippen LogP) is 7.07. The van der Waals surface area contributed by atoms with Gasteiger partial charge in [-0.2, -0.15) is 5.10 Å². The number of aryl methyl sites for hydroxylation is 2. The van der Waals surface area contributed by atoms with Gasteiger partial charge in [0.25, 0.3) is 0 Å². The molecule has 4 aromatic rings. The van der Waals surface area contributed by atoms with Crippen molar-refractivity contribution in [1.82, 2.24) is 19.7 Å². The number of amides is 1. The molecule has 0 bridgehead atoms. The van der Waals surface area contributed by atoms with Gasteiger partial charge in [0, 0.05) is 69.3 Å². The van der Waals surface area contributed by atoms with E-state index in [1.54, 1.807) is 23.1 Å². The van der Waals surface area contributed by atoms with Crippen LogP contribution in [0.25, 0.3) is 33.3 Å². The highest BCUT2D eigenvalue weighted by Gasteiger charge is 2.25. The van der Waals surface area contributed by atoms with Crippen LogP contribution in [0, 0.1) is 13.8 Å². The van der Waals surface area contributed by atoms with Crippen molar-refractivity contribution in [2.75, 3.05) is 19.1 Å². The Bertz CT molecular complexity index is 1450. The Morgan fingerprint density at radius 3 is 2.50 bits per heavy atom. The Balaban J connectivity index is 1.92. The number of rotatable bonds is 5. The number of methoxy groups -OCH3 is 1. The number of hydrogen-bond donors (Lipinski definition) is 1. The SMILES string of the molecule is COc1ccc(-c2c(SI)[nH]c3ncc(-c4cnn(C)c4C)c(C)c23)cc1N(C)C(=O)OC(C)(C)C. The molecule has 3 aromatic heterocycles. The third-order valence-electron chi connectivity index (χ3n) is 6.15. The normalized spacial score (nSPS) is 11.7. The lowest BCUT2D eigenvalue weighted by Crippen LogP contribution is -2.34. The summed E-state index contributed by atoms with van der Waals surface area (Å²) in [4.78, 5) is 22.6. The number of benzene rings is 1. The minimum absolute atomic E-state index is 0.451. The van der Waals surface area contributed by atoms with Gasteiger partial charge in [-0.15, -0.1) is 0 Å². The summed E-state index contributed by atoms with van der Waals surface area (Å²) in [5.41, 5.74) is 7.07. The first-order chi connectivity index (χ1) is 17.0. The van der Waals surface area contributed by atoms with Crippen molar-refractivity contribution in [1.29, 1.82) is 0 Å². The fourth-order valence-electron chi connectivity index (χ4n) is 4.19. The molecule has 0 aliphatic heterocycles. The first-order valence-corrected chi connectivity index (χ1v) is 14.8. The average molecular weight is 620 g/mol. The van der Waals surface area contributed by atoms with Crippen molar-refractivity contribution in [2.24, 2.45) is 7.05 Å². The fourth-order valence-corrected chi connectivity index (χ4v) is 5.61. The lowest BCUT2D eigenvalue weighted by atomic mass is 9.96. The lowest BCUT2D eigenvalue weighted by molar-refractivity contribution is 0.0588. The number of pyridine rings is 1. The van der Waals surface area contributed by atoms with Gasteiger partial charge < -0.3 is 14.5 Å². The molecule has 1 N–H and O–H groups in total. The monoisotopic (exact) mass is 619 g/mol. The van der Waals surface area contributed by atoms with Crippen LogP contribution < -0.4 is 9.64 Å². The van der Waals surface area contributed by atoms with Gasteiger partial charge in [-0.05, 0) is 66.8 Å². The van der Waals surface area contributed by atoms with Gasteiger partial charge in [0.15, 0.2) is 0 Å². The molecule has 0 radical (unpaired) electrons. The summed E-state index contributed by atoms with van der Waals surface area (Å²) in [6.45, 7) is 9.71. The number of aromatic nitrogens is 4. The summed E-state index contributed by atoms with van der Waals surface area (Å²) in [6, 6.07) is 5.85. The topological polar surface area (TPSA) is 85.3 Å². The predicted molar refractivity (Wildman–Crippen MR) is 154 cm³/mol. The van der Waals surface area contributed by atoms with Crippen molar-refractivity contribution in [2.45, 2.75) is 45.2 Å². The molecule has 0 saturated carbocycles. The molecule has 3 heterocycles. The zero-order chi connectivity index (χ0) is 26.4. The molecule has 0 fully saturated rings. The number of H-pyrrole nitrogens is 1. The number of ether oxygens (including phenoxy) is 2. The largest absolute Gasteiger partial charge is 0.495 e. The first kappa shape index (κ1) is 26.3. The quantitative estimate of drug-likeness (QED) is 0.241. The Morgan fingerprint density at radius 2 is 1.92 bits per heavy atom. The zero-order valence-electron chi connectivity index (χ0n) is 21.7. The van der Waals surface area contributed by atoms with Crippen LogP contribution in [-0.4, -0.2) is 45.6 Å². The molecule has 8 nitrogen and oxygen atoms in total. The number of hydrogen-bond acceptors (Lipinski definition) is 6. The first-order valence-electron chi connectivity index (χ1n) is 11.4. The van der Waals surface area contributed by atoms with E-state index in [1.165, 1.54) is 4.90 Å². The Morgan fingerprint density at radius 1 is 1.19 bits per heavy atom. The Hall–Kier alpha value is -2.73. The van der Waals surface area contributed by atoms with E-state index in [2.05, 4.69) is 45.1 Å². The van der Waals surface area contributed by atoms with Crippen molar-refractivity contribution >= 4 is 53.0 Å². The van der Waals surface area contributed by atoms with Gasteiger partial charge >= 0.3 is 6.09 Å². The second-order valence-corrected chi connectivity index (χ2v) is 11.5. The van der Waals surface area contributed by atoms with Crippen molar-refractivity contribution in [3.63, 3.8) is 0 Å². The summed E-state index contributed by atoms with van der Waals surface area (Å²) in [5.74, 6) is 0.581. The van der Waals surface area contributed by atoms with Crippen LogP contribution in [0.15, 0.2) is 35.6 Å². The second-order valence-electron chi connectivity index (χ2n) is 9.62. The summed E-state index contributed by atoms with van der Waals surface area (Å²) in [7, 11) is 6.81. The summed E-state index contributed by atoms with van der Waals surface area (Å²) in [6.07, 6.45) is 3.33. The van der Waals surface area contributed by atoms with Crippen molar-refractivity contribution < 1.29 is 14.3 Å². The summed E-state index contributed by atoms with van der Waals surface area (Å²) >= 11 is 2.28. The van der Waals surface area contributed by atoms with E-state index in [0.717, 1.165) is 49.6 Å². The number of nitrogens with zero attached hydrogens (tertiary/aromatic N) is 4. The van der Waals surface area contributed by atoms with Crippen LogP contribution in [0.2, 0.25) is 0 Å². The Labute approximate surface area is 227 Å². The molecule has 0 aliphatic carbocycles. The Kier molecular flexibility index (Phi) is 7.29. The molecule has 0 saturated heterocycles. The van der Waals surface area contributed by atoms with E-state index in [1.807, 2.05) is 63.1 Å². The van der Waals surface area contributed by atoms with E-state index in [9.17, 15) is 4.79 Å². The zero-order valence-corrected chi connectivity index (χ0v) is 24.7. The molecule has 10 heteroatoms. The van der Waals surface area contributed by atoms with Crippen LogP contribution >= 0.6 is 30.1 Å². The van der Waals surface area contributed by atoms with E-state index in [4.69, 9.17) is 14.5 Å². The van der Waals surface area contributed by atoms with Gasteiger partial charge in [-0.25, -0.2) is 9.78 Å². The average Bonchev–Trinajstić information content (AvgIpc) is 3.37. The fraction of sp³-hybridized carbons (Fsp3) is 0.346. The standard InChI is InChI=1S/C26H30IN5O3S/c1-14-17(18-13-29-32(7)15(18)2)12-28-23-21(14)22(24(30-23)36-27)16-9-10-20(34-8)19(11-16)31(6)25(33)35-26(3,4)5/h9-13H,1-8H3,(H,28,30). The minimum Gasteiger partial charge on any atom is -0.495 e. The molecular formula is C26H30IN5O3S. The van der Waals surface area contributed by atoms with Gasteiger partial charge in [0.2, 0.25) is 0 Å². The van der Waals surface area contributed by atoms with Gasteiger partial charge in [0.1, 0.15) is 17.0 Å². The number of carbonyl (C=O) groups is 1. The third kappa shape index (κ3) is 4.80. The number of nitrogens with one attached hydrogen (secondary N) is 1. The minimum atomic E-state index is -0.609. The maximum absolute atomic E-state index is 12.9. The third-order valence-corrected chi connectivity index (χ3v) is 7.93. The number of halogens is 1. The van der Waals surface area contributed by atoms with Crippen molar-refractivity contribution in [3.8, 4) is 28.0 Å². The van der Waals surface area contributed by atoms with E-state index in [-0.39, 0.29) is 0 Å². The second kappa shape index (κ2) is 9.97. The molecule has 4 rings (SSSR count). The highest BCUT2D eigenvalue weighted by atomic mass is 127. The van der Waals surface area contributed by atoms with E-state index >= 15 is 0 Å². The molecule has 1 aromatic carbocycles. The number of fused-ring (bicyclic) bond motifs is 1. The van der Waals surface area contributed by atoms with Crippen LogP contribution in [0.5, 0.6) is 5.75 Å². The lowest BCUT2D eigenvalue weighted by Gasteiger charge is -2.26. The van der Waals surface area contributed by atoms with Crippen LogP contribution in [0.3, 0.4) is 0 Å². The maximum atomic E-state index is 12.9. The molecule has 36 heavy (non-hydrogen) atoms. The maximum Gasteiger partial charge on any atom is 0.414 e. The molecule has 1 amide bonds. The van der Waals surface area contributed by atoms with E-state index in [0.29, 0.717) is 11.4 Å². The highest BCUT2D eigenvalue weighted by Crippen LogP contribution is 2.45. The molecule has 0 aliphatic rings. The van der Waals surface area contributed by atoms with Gasteiger partial charge in [-0.3, -0.25) is 9.58 Å². The number of carbonyl (C=O) groups excluding carboxylic acids is 1. The molecule has 0 spiro atoms. The van der Waals surface area contributed by atoms with Gasteiger partial charge in [0.05, 0.1) is 24.0 Å². The van der Waals surface area contributed by atoms with Crippen LogP contribution in [0.4, 0.5) is 10.5 Å². The van der Waals surface area contributed by atoms with E-state index < -0.39 is 11.7 Å². The van der Waals surface area contributed by atoms with Crippen LogP contribution in [0.1, 0.15) is 32.0 Å². The highest BCUT2D eigenvalue weighted by molar-refractivity contribution is 14.2. The van der Waals surface area contributed by atoms with Crippen LogP contribution in [-0.2, 0) is 11.8 Å². The molecule has 0 atom stereocenters. The van der Waals surface area contributed by atoms with Gasteiger partial charge in [-0.1, -0.05) is 6.07 Å². The summed E-state index contributed by atoms with van der Waals surface area (Å²) < 4.78 is 13.1.